The Hall–Kier alpha value is 0.190. The highest BCUT2D eigenvalue weighted by atomic mass is 32.2. The van der Waals surface area contributed by atoms with E-state index >= 15 is 0 Å². The molecule has 0 rings (SSSR count). The quantitative estimate of drug-likeness (QED) is 0.479. The molecular weight excluding hydrogens is 262 g/mol. The molecule has 116 valence electrons. The summed E-state index contributed by atoms with van der Waals surface area (Å²) in [4.78, 5) is 0. The summed E-state index contributed by atoms with van der Waals surface area (Å²) in [6.07, 6.45) is 4.99. The lowest BCUT2D eigenvalue weighted by molar-refractivity contribution is 0.00335. The smallest absolute Gasteiger partial charge is 0.0897 e. The Bertz CT molecular complexity index is 184. The SMILES string of the molecule is CCCCOCCOCC(O)CNC(CC)CSC. The lowest BCUT2D eigenvalue weighted by atomic mass is 10.2. The van der Waals surface area contributed by atoms with Crippen molar-refractivity contribution in [3.05, 3.63) is 0 Å². The zero-order chi connectivity index (χ0) is 14.3. The van der Waals surface area contributed by atoms with Crippen molar-refractivity contribution in [1.29, 1.82) is 0 Å². The lowest BCUT2D eigenvalue weighted by Crippen LogP contribution is -2.38. The average molecular weight is 293 g/mol. The van der Waals surface area contributed by atoms with Crippen LogP contribution in [0.3, 0.4) is 0 Å². The Morgan fingerprint density at radius 1 is 1.16 bits per heavy atom. The van der Waals surface area contributed by atoms with E-state index in [4.69, 9.17) is 9.47 Å². The van der Waals surface area contributed by atoms with E-state index in [1.807, 2.05) is 11.8 Å². The van der Waals surface area contributed by atoms with Crippen LogP contribution in [-0.4, -0.2) is 62.2 Å². The number of nitrogens with one attached hydrogen (secondary N) is 1. The van der Waals surface area contributed by atoms with Crippen molar-refractivity contribution >= 4 is 11.8 Å². The summed E-state index contributed by atoms with van der Waals surface area (Å²) < 4.78 is 10.8. The summed E-state index contributed by atoms with van der Waals surface area (Å²) in [5, 5.41) is 13.1. The van der Waals surface area contributed by atoms with Gasteiger partial charge < -0.3 is 19.9 Å². The molecule has 0 aliphatic rings. The largest absolute Gasteiger partial charge is 0.389 e. The molecule has 19 heavy (non-hydrogen) atoms. The van der Waals surface area contributed by atoms with Crippen LogP contribution in [0.15, 0.2) is 0 Å². The second-order valence-electron chi connectivity index (χ2n) is 4.66. The zero-order valence-electron chi connectivity index (χ0n) is 12.7. The molecule has 2 unspecified atom stereocenters. The number of unbranched alkanes of at least 4 members (excludes halogenated alkanes) is 1. The molecule has 0 aromatic rings. The van der Waals surface area contributed by atoms with Gasteiger partial charge in [-0.2, -0.15) is 11.8 Å². The Morgan fingerprint density at radius 3 is 2.53 bits per heavy atom. The van der Waals surface area contributed by atoms with E-state index in [0.717, 1.165) is 31.6 Å². The van der Waals surface area contributed by atoms with E-state index in [2.05, 4.69) is 25.4 Å². The standard InChI is InChI=1S/C14H31NO3S/c1-4-6-7-17-8-9-18-11-14(16)10-15-13(5-2)12-19-3/h13-16H,4-12H2,1-3H3. The second-order valence-corrected chi connectivity index (χ2v) is 5.57. The van der Waals surface area contributed by atoms with Crippen molar-refractivity contribution < 1.29 is 14.6 Å². The van der Waals surface area contributed by atoms with Gasteiger partial charge in [0.05, 0.1) is 25.9 Å². The van der Waals surface area contributed by atoms with E-state index in [-0.39, 0.29) is 0 Å². The summed E-state index contributed by atoms with van der Waals surface area (Å²) in [5.41, 5.74) is 0. The third-order valence-corrected chi connectivity index (χ3v) is 3.56. The number of ether oxygens (including phenoxy) is 2. The molecule has 0 fully saturated rings. The van der Waals surface area contributed by atoms with Gasteiger partial charge in [0.2, 0.25) is 0 Å². The number of rotatable bonds is 14. The van der Waals surface area contributed by atoms with Crippen molar-refractivity contribution in [3.63, 3.8) is 0 Å². The van der Waals surface area contributed by atoms with Crippen molar-refractivity contribution in [2.45, 2.75) is 45.3 Å². The minimum absolute atomic E-state index is 0.375. The molecule has 0 bridgehead atoms. The number of aliphatic hydroxyl groups excluding tert-OH is 1. The van der Waals surface area contributed by atoms with Gasteiger partial charge in [0.1, 0.15) is 0 Å². The maximum atomic E-state index is 9.77. The van der Waals surface area contributed by atoms with Gasteiger partial charge in [0.25, 0.3) is 0 Å². The molecule has 4 nitrogen and oxygen atoms in total. The molecule has 0 aromatic heterocycles. The molecule has 0 radical (unpaired) electrons. The first kappa shape index (κ1) is 19.2. The number of thioether (sulfide) groups is 1. The van der Waals surface area contributed by atoms with E-state index < -0.39 is 6.10 Å². The molecule has 0 spiro atoms. The minimum Gasteiger partial charge on any atom is -0.389 e. The predicted octanol–water partition coefficient (Wildman–Crippen LogP) is 1.91. The molecule has 0 aliphatic carbocycles. The fraction of sp³-hybridized carbons (Fsp3) is 1.00. The summed E-state index contributed by atoms with van der Waals surface area (Å²) in [7, 11) is 0. The maximum Gasteiger partial charge on any atom is 0.0897 e. The highest BCUT2D eigenvalue weighted by Crippen LogP contribution is 2.01. The summed E-state index contributed by atoms with van der Waals surface area (Å²) in [6.45, 7) is 7.24. The van der Waals surface area contributed by atoms with Gasteiger partial charge in [0, 0.05) is 24.9 Å². The zero-order valence-corrected chi connectivity index (χ0v) is 13.5. The molecule has 0 aliphatic heterocycles. The lowest BCUT2D eigenvalue weighted by Gasteiger charge is -2.18. The predicted molar refractivity (Wildman–Crippen MR) is 83.0 cm³/mol. The molecule has 0 saturated carbocycles. The van der Waals surface area contributed by atoms with Crippen LogP contribution >= 0.6 is 11.8 Å². The minimum atomic E-state index is -0.438. The molecule has 2 N–H and O–H groups in total. The topological polar surface area (TPSA) is 50.7 Å². The van der Waals surface area contributed by atoms with Gasteiger partial charge >= 0.3 is 0 Å². The fourth-order valence-corrected chi connectivity index (χ4v) is 2.33. The average Bonchev–Trinajstić information content (AvgIpc) is 2.42. The Labute approximate surface area is 122 Å². The van der Waals surface area contributed by atoms with Gasteiger partial charge in [-0.25, -0.2) is 0 Å². The molecular formula is C14H31NO3S. The van der Waals surface area contributed by atoms with Gasteiger partial charge in [-0.1, -0.05) is 20.3 Å². The van der Waals surface area contributed by atoms with Crippen LogP contribution < -0.4 is 5.32 Å². The van der Waals surface area contributed by atoms with E-state index in [9.17, 15) is 5.11 Å². The summed E-state index contributed by atoms with van der Waals surface area (Å²) in [6, 6.07) is 0.474. The van der Waals surface area contributed by atoms with Crippen molar-refractivity contribution in [2.24, 2.45) is 0 Å². The Kier molecular flexibility index (Phi) is 14.7. The highest BCUT2D eigenvalue weighted by molar-refractivity contribution is 7.98. The van der Waals surface area contributed by atoms with E-state index in [0.29, 0.717) is 32.4 Å². The number of hydrogen-bond donors (Lipinski definition) is 2. The van der Waals surface area contributed by atoms with Crippen molar-refractivity contribution in [2.75, 3.05) is 45.0 Å². The van der Waals surface area contributed by atoms with Crippen LogP contribution in [0.4, 0.5) is 0 Å². The Morgan fingerprint density at radius 2 is 1.89 bits per heavy atom. The van der Waals surface area contributed by atoms with Crippen LogP contribution in [-0.2, 0) is 9.47 Å². The van der Waals surface area contributed by atoms with Crippen molar-refractivity contribution in [3.8, 4) is 0 Å². The molecule has 0 saturated heterocycles. The molecule has 0 aromatic carbocycles. The van der Waals surface area contributed by atoms with Gasteiger partial charge in [-0.05, 0) is 19.1 Å². The van der Waals surface area contributed by atoms with Crippen LogP contribution in [0.5, 0.6) is 0 Å². The van der Waals surface area contributed by atoms with Gasteiger partial charge in [0.15, 0.2) is 0 Å². The monoisotopic (exact) mass is 293 g/mol. The highest BCUT2D eigenvalue weighted by Gasteiger charge is 2.08. The molecule has 5 heteroatoms. The van der Waals surface area contributed by atoms with Gasteiger partial charge in [-0.15, -0.1) is 0 Å². The first-order chi connectivity index (χ1) is 9.24. The van der Waals surface area contributed by atoms with E-state index in [1.165, 1.54) is 0 Å². The first-order valence-electron chi connectivity index (χ1n) is 7.30. The third-order valence-electron chi connectivity index (χ3n) is 2.83. The number of hydrogen-bond acceptors (Lipinski definition) is 5. The molecule has 0 heterocycles. The van der Waals surface area contributed by atoms with Crippen LogP contribution in [0.25, 0.3) is 0 Å². The summed E-state index contributed by atoms with van der Waals surface area (Å²) in [5.74, 6) is 1.08. The maximum absolute atomic E-state index is 9.77. The van der Waals surface area contributed by atoms with Crippen LogP contribution in [0.2, 0.25) is 0 Å². The normalized spacial score (nSPS) is 14.5. The van der Waals surface area contributed by atoms with E-state index in [1.54, 1.807) is 0 Å². The first-order valence-corrected chi connectivity index (χ1v) is 8.69. The van der Waals surface area contributed by atoms with Crippen molar-refractivity contribution in [1.82, 2.24) is 5.32 Å². The third kappa shape index (κ3) is 12.9. The van der Waals surface area contributed by atoms with Gasteiger partial charge in [-0.3, -0.25) is 0 Å². The molecule has 0 amide bonds. The summed E-state index contributed by atoms with van der Waals surface area (Å²) >= 11 is 1.82. The second kappa shape index (κ2) is 14.6. The number of aliphatic hydroxyl groups is 1. The van der Waals surface area contributed by atoms with Crippen LogP contribution in [0.1, 0.15) is 33.1 Å². The molecule has 2 atom stereocenters. The van der Waals surface area contributed by atoms with Crippen LogP contribution in [0, 0.1) is 0 Å². The fourth-order valence-electron chi connectivity index (χ4n) is 1.57. The Balaban J connectivity index is 3.35.